The van der Waals surface area contributed by atoms with Gasteiger partial charge < -0.3 is 24.8 Å². The van der Waals surface area contributed by atoms with E-state index in [0.717, 1.165) is 5.56 Å². The number of urea groups is 1. The fourth-order valence-corrected chi connectivity index (χ4v) is 1.90. The van der Waals surface area contributed by atoms with Gasteiger partial charge in [0.25, 0.3) is 0 Å². The van der Waals surface area contributed by atoms with Gasteiger partial charge in [-0.05, 0) is 12.5 Å². The summed E-state index contributed by atoms with van der Waals surface area (Å²) in [5, 5.41) is 5.40. The van der Waals surface area contributed by atoms with Crippen LogP contribution in [-0.4, -0.2) is 40.5 Å². The fourth-order valence-electron chi connectivity index (χ4n) is 1.90. The molecule has 6 heteroatoms. The highest BCUT2D eigenvalue weighted by atomic mass is 16.5. The number of methoxy groups -OCH3 is 3. The number of benzene rings is 1. The Bertz CT molecular complexity index is 489. The Kier molecular flexibility index (Phi) is 6.94. The van der Waals surface area contributed by atoms with Crippen molar-refractivity contribution < 1.29 is 19.0 Å². The summed E-state index contributed by atoms with van der Waals surface area (Å²) >= 11 is 0. The Morgan fingerprint density at radius 3 is 2.43 bits per heavy atom. The molecule has 0 saturated carbocycles. The van der Waals surface area contributed by atoms with E-state index in [9.17, 15) is 4.79 Å². The van der Waals surface area contributed by atoms with Crippen LogP contribution >= 0.6 is 0 Å². The largest absolute Gasteiger partial charge is 0.493 e. The first-order valence-corrected chi connectivity index (χ1v) is 6.58. The van der Waals surface area contributed by atoms with Gasteiger partial charge in [-0.3, -0.25) is 0 Å². The van der Waals surface area contributed by atoms with Crippen LogP contribution in [0.1, 0.15) is 5.56 Å². The van der Waals surface area contributed by atoms with Crippen LogP contribution in [0.4, 0.5) is 4.79 Å². The van der Waals surface area contributed by atoms with Crippen molar-refractivity contribution >= 4 is 6.03 Å². The van der Waals surface area contributed by atoms with E-state index in [-0.39, 0.29) is 6.03 Å². The summed E-state index contributed by atoms with van der Waals surface area (Å²) in [4.78, 5) is 11.4. The first-order valence-electron chi connectivity index (χ1n) is 6.58. The zero-order valence-corrected chi connectivity index (χ0v) is 12.7. The van der Waals surface area contributed by atoms with Crippen LogP contribution in [0.15, 0.2) is 24.8 Å². The van der Waals surface area contributed by atoms with E-state index in [0.29, 0.717) is 36.8 Å². The van der Waals surface area contributed by atoms with Gasteiger partial charge in [-0.25, -0.2) is 4.79 Å². The molecule has 0 saturated heterocycles. The van der Waals surface area contributed by atoms with Gasteiger partial charge >= 0.3 is 6.03 Å². The summed E-state index contributed by atoms with van der Waals surface area (Å²) in [6.45, 7) is 4.45. The number of carbonyl (C=O) groups excluding carboxylic acids is 1. The SMILES string of the molecule is C=CCNC(=O)NCCc1ccc(OC)c(OC)c1OC. The van der Waals surface area contributed by atoms with Crippen molar-refractivity contribution in [1.82, 2.24) is 10.6 Å². The number of rotatable bonds is 8. The molecule has 21 heavy (non-hydrogen) atoms. The topological polar surface area (TPSA) is 68.8 Å². The number of ether oxygens (including phenoxy) is 3. The molecule has 6 nitrogen and oxygen atoms in total. The molecule has 0 atom stereocenters. The molecular weight excluding hydrogens is 272 g/mol. The van der Waals surface area contributed by atoms with E-state index in [4.69, 9.17) is 14.2 Å². The third-order valence-electron chi connectivity index (χ3n) is 2.87. The second-order valence-electron chi connectivity index (χ2n) is 4.17. The smallest absolute Gasteiger partial charge is 0.315 e. The third-order valence-corrected chi connectivity index (χ3v) is 2.87. The molecule has 0 unspecified atom stereocenters. The molecule has 1 aromatic rings. The highest BCUT2D eigenvalue weighted by Gasteiger charge is 2.15. The Morgan fingerprint density at radius 2 is 1.86 bits per heavy atom. The van der Waals surface area contributed by atoms with Crippen molar-refractivity contribution in [3.05, 3.63) is 30.4 Å². The van der Waals surface area contributed by atoms with E-state index in [2.05, 4.69) is 17.2 Å². The van der Waals surface area contributed by atoms with Crippen LogP contribution in [-0.2, 0) is 6.42 Å². The summed E-state index contributed by atoms with van der Waals surface area (Å²) < 4.78 is 15.9. The molecule has 0 spiro atoms. The molecule has 2 amide bonds. The van der Waals surface area contributed by atoms with Gasteiger partial charge in [-0.2, -0.15) is 0 Å². The van der Waals surface area contributed by atoms with Crippen molar-refractivity contribution in [1.29, 1.82) is 0 Å². The minimum atomic E-state index is -0.227. The van der Waals surface area contributed by atoms with Gasteiger partial charge in [0, 0.05) is 18.7 Å². The van der Waals surface area contributed by atoms with Gasteiger partial charge in [0.2, 0.25) is 5.75 Å². The summed E-state index contributed by atoms with van der Waals surface area (Å²) in [5.41, 5.74) is 0.930. The minimum Gasteiger partial charge on any atom is -0.493 e. The molecule has 0 aromatic heterocycles. The predicted molar refractivity (Wildman–Crippen MR) is 81.4 cm³/mol. The van der Waals surface area contributed by atoms with Crippen molar-refractivity contribution in [3.63, 3.8) is 0 Å². The van der Waals surface area contributed by atoms with Crippen LogP contribution in [0.25, 0.3) is 0 Å². The van der Waals surface area contributed by atoms with E-state index < -0.39 is 0 Å². The lowest BCUT2D eigenvalue weighted by atomic mass is 10.1. The number of nitrogens with one attached hydrogen (secondary N) is 2. The third kappa shape index (κ3) is 4.59. The van der Waals surface area contributed by atoms with Crippen molar-refractivity contribution in [3.8, 4) is 17.2 Å². The van der Waals surface area contributed by atoms with Gasteiger partial charge in [0.05, 0.1) is 21.3 Å². The first kappa shape index (κ1) is 16.7. The molecule has 2 N–H and O–H groups in total. The van der Waals surface area contributed by atoms with E-state index in [1.165, 1.54) is 0 Å². The minimum absolute atomic E-state index is 0.227. The maximum atomic E-state index is 11.4. The van der Waals surface area contributed by atoms with E-state index in [1.54, 1.807) is 27.4 Å². The van der Waals surface area contributed by atoms with Gasteiger partial charge in [0.1, 0.15) is 0 Å². The highest BCUT2D eigenvalue weighted by Crippen LogP contribution is 2.39. The lowest BCUT2D eigenvalue weighted by molar-refractivity contribution is 0.242. The molecular formula is C15H22N2O4. The molecule has 0 radical (unpaired) electrons. The number of amides is 2. The Balaban J connectivity index is 2.71. The normalized spacial score (nSPS) is 9.67. The zero-order chi connectivity index (χ0) is 15.7. The maximum absolute atomic E-state index is 11.4. The molecule has 0 aliphatic carbocycles. The monoisotopic (exact) mass is 294 g/mol. The second kappa shape index (κ2) is 8.73. The van der Waals surface area contributed by atoms with Gasteiger partial charge in [-0.15, -0.1) is 6.58 Å². The first-order chi connectivity index (χ1) is 10.2. The van der Waals surface area contributed by atoms with Gasteiger partial charge in [0.15, 0.2) is 11.5 Å². The number of carbonyl (C=O) groups is 1. The number of hydrogen-bond donors (Lipinski definition) is 2. The highest BCUT2D eigenvalue weighted by molar-refractivity contribution is 5.74. The van der Waals surface area contributed by atoms with Crippen LogP contribution < -0.4 is 24.8 Å². The van der Waals surface area contributed by atoms with Crippen LogP contribution in [0.3, 0.4) is 0 Å². The molecule has 0 aliphatic rings. The Morgan fingerprint density at radius 1 is 1.14 bits per heavy atom. The summed E-state index contributed by atoms with van der Waals surface area (Å²) in [5.74, 6) is 1.77. The average molecular weight is 294 g/mol. The standard InChI is InChI=1S/C15H22N2O4/c1-5-9-16-15(18)17-10-8-11-6-7-12(19-2)14(21-4)13(11)20-3/h5-7H,1,8-10H2,2-4H3,(H2,16,17,18). The van der Waals surface area contributed by atoms with Crippen molar-refractivity contribution in [2.75, 3.05) is 34.4 Å². The average Bonchev–Trinajstić information content (AvgIpc) is 2.51. The summed E-state index contributed by atoms with van der Waals surface area (Å²) in [6, 6.07) is 3.48. The Labute approximate surface area is 125 Å². The summed E-state index contributed by atoms with van der Waals surface area (Å²) in [6.07, 6.45) is 2.24. The zero-order valence-electron chi connectivity index (χ0n) is 12.7. The van der Waals surface area contributed by atoms with Crippen molar-refractivity contribution in [2.24, 2.45) is 0 Å². The summed E-state index contributed by atoms with van der Waals surface area (Å²) in [7, 11) is 4.71. The lowest BCUT2D eigenvalue weighted by Gasteiger charge is -2.16. The van der Waals surface area contributed by atoms with Crippen LogP contribution in [0.2, 0.25) is 0 Å². The molecule has 1 rings (SSSR count). The molecule has 0 aliphatic heterocycles. The second-order valence-corrected chi connectivity index (χ2v) is 4.17. The van der Waals surface area contributed by atoms with E-state index in [1.807, 2.05) is 12.1 Å². The van der Waals surface area contributed by atoms with Crippen LogP contribution in [0.5, 0.6) is 17.2 Å². The molecule has 0 fully saturated rings. The maximum Gasteiger partial charge on any atom is 0.315 e. The Hall–Kier alpha value is -2.37. The predicted octanol–water partition coefficient (Wildman–Crippen LogP) is 1.74. The quantitative estimate of drug-likeness (QED) is 0.717. The molecule has 1 aromatic carbocycles. The molecule has 0 bridgehead atoms. The lowest BCUT2D eigenvalue weighted by Crippen LogP contribution is -2.36. The van der Waals surface area contributed by atoms with Crippen LogP contribution in [0, 0.1) is 0 Å². The molecule has 0 heterocycles. The van der Waals surface area contributed by atoms with Gasteiger partial charge in [-0.1, -0.05) is 12.1 Å². The van der Waals surface area contributed by atoms with E-state index >= 15 is 0 Å². The fraction of sp³-hybridized carbons (Fsp3) is 0.400. The molecule has 116 valence electrons. The number of hydrogen-bond acceptors (Lipinski definition) is 4. The van der Waals surface area contributed by atoms with Crippen molar-refractivity contribution in [2.45, 2.75) is 6.42 Å².